The number of esters is 1. The lowest BCUT2D eigenvalue weighted by molar-refractivity contribution is -0.144. The maximum absolute atomic E-state index is 12.8. The van der Waals surface area contributed by atoms with Crippen LogP contribution < -0.4 is 5.32 Å². The number of nitrogens with one attached hydrogen (secondary N) is 1. The number of hydrogen-bond acceptors (Lipinski definition) is 3. The number of carbonyl (C=O) groups is 2. The van der Waals surface area contributed by atoms with E-state index in [-0.39, 0.29) is 24.4 Å². The molecule has 128 valence electrons. The Balaban J connectivity index is 1.97. The Kier molecular flexibility index (Phi) is 5.16. The van der Waals surface area contributed by atoms with E-state index in [9.17, 15) is 9.59 Å². The number of hydrogen-bond donors (Lipinski definition) is 1. The van der Waals surface area contributed by atoms with Crippen LogP contribution in [0.15, 0.2) is 29.5 Å². The highest BCUT2D eigenvalue weighted by Crippen LogP contribution is 2.41. The van der Waals surface area contributed by atoms with Gasteiger partial charge in [0.2, 0.25) is 5.91 Å². The SMILES string of the molecule is CC1=C(C(=O)OC2CCCC2)C(c2c(Cl)cccc2Cl)CC(=O)N1. The Bertz CT molecular complexity index is 688. The Morgan fingerprint density at radius 2 is 1.83 bits per heavy atom. The molecule has 0 saturated heterocycles. The van der Waals surface area contributed by atoms with Crippen LogP contribution in [0.25, 0.3) is 0 Å². The van der Waals surface area contributed by atoms with E-state index in [0.717, 1.165) is 25.7 Å². The zero-order valence-electron chi connectivity index (χ0n) is 13.4. The quantitative estimate of drug-likeness (QED) is 0.807. The van der Waals surface area contributed by atoms with Crippen LogP contribution in [0.4, 0.5) is 0 Å². The van der Waals surface area contributed by atoms with Crippen molar-refractivity contribution in [3.63, 3.8) is 0 Å². The smallest absolute Gasteiger partial charge is 0.336 e. The molecule has 1 N–H and O–H groups in total. The second-order valence-electron chi connectivity index (χ2n) is 6.29. The molecule has 0 spiro atoms. The van der Waals surface area contributed by atoms with Gasteiger partial charge in [-0.15, -0.1) is 0 Å². The highest BCUT2D eigenvalue weighted by molar-refractivity contribution is 6.36. The molecule has 1 amide bonds. The van der Waals surface area contributed by atoms with Gasteiger partial charge in [-0.1, -0.05) is 29.3 Å². The first-order chi connectivity index (χ1) is 11.5. The van der Waals surface area contributed by atoms with Crippen molar-refractivity contribution in [1.82, 2.24) is 5.32 Å². The minimum absolute atomic E-state index is 0.0437. The molecule has 1 atom stereocenters. The van der Waals surface area contributed by atoms with E-state index in [4.69, 9.17) is 27.9 Å². The van der Waals surface area contributed by atoms with E-state index < -0.39 is 5.92 Å². The van der Waals surface area contributed by atoms with E-state index in [1.165, 1.54) is 0 Å². The van der Waals surface area contributed by atoms with Gasteiger partial charge in [0, 0.05) is 28.1 Å². The first-order valence-electron chi connectivity index (χ1n) is 8.13. The molecule has 1 aliphatic heterocycles. The van der Waals surface area contributed by atoms with Crippen LogP contribution in [0, 0.1) is 0 Å². The standard InChI is InChI=1S/C18H19Cl2NO3/c1-10-16(18(23)24-11-5-2-3-6-11)12(9-15(22)21-10)17-13(19)7-4-8-14(17)20/h4,7-8,11-12H,2-3,5-6,9H2,1H3,(H,21,22). The molecule has 0 aromatic heterocycles. The zero-order valence-corrected chi connectivity index (χ0v) is 14.9. The molecule has 1 unspecified atom stereocenters. The summed E-state index contributed by atoms with van der Waals surface area (Å²) < 4.78 is 5.65. The van der Waals surface area contributed by atoms with E-state index in [1.807, 2.05) is 0 Å². The molecular formula is C18H19Cl2NO3. The molecule has 1 heterocycles. The Morgan fingerprint density at radius 1 is 1.21 bits per heavy atom. The minimum atomic E-state index is -0.492. The summed E-state index contributed by atoms with van der Waals surface area (Å²) in [6.07, 6.45) is 4.01. The summed E-state index contributed by atoms with van der Waals surface area (Å²) >= 11 is 12.6. The molecule has 4 nitrogen and oxygen atoms in total. The van der Waals surface area contributed by atoms with Crippen molar-refractivity contribution in [3.05, 3.63) is 45.1 Å². The lowest BCUT2D eigenvalue weighted by atomic mass is 9.84. The van der Waals surface area contributed by atoms with Crippen molar-refractivity contribution >= 4 is 35.1 Å². The molecule has 1 fully saturated rings. The molecular weight excluding hydrogens is 349 g/mol. The number of benzene rings is 1. The maximum Gasteiger partial charge on any atom is 0.336 e. The molecule has 24 heavy (non-hydrogen) atoms. The molecule has 0 radical (unpaired) electrons. The number of carbonyl (C=O) groups excluding carboxylic acids is 2. The summed E-state index contributed by atoms with van der Waals surface area (Å²) in [6, 6.07) is 5.17. The lowest BCUT2D eigenvalue weighted by Gasteiger charge is -2.28. The molecule has 0 bridgehead atoms. The van der Waals surface area contributed by atoms with Gasteiger partial charge in [0.05, 0.1) is 5.57 Å². The van der Waals surface area contributed by atoms with Gasteiger partial charge in [-0.3, -0.25) is 4.79 Å². The minimum Gasteiger partial charge on any atom is -0.459 e. The molecule has 3 rings (SSSR count). The molecule has 1 saturated carbocycles. The van der Waals surface area contributed by atoms with Crippen molar-refractivity contribution in [2.45, 2.75) is 51.0 Å². The van der Waals surface area contributed by atoms with Gasteiger partial charge in [-0.25, -0.2) is 4.79 Å². The number of amides is 1. The van der Waals surface area contributed by atoms with Gasteiger partial charge >= 0.3 is 5.97 Å². The summed E-state index contributed by atoms with van der Waals surface area (Å²) in [5.41, 5.74) is 1.56. The van der Waals surface area contributed by atoms with E-state index in [2.05, 4.69) is 5.32 Å². The molecule has 1 aliphatic carbocycles. The predicted octanol–water partition coefficient (Wildman–Crippen LogP) is 4.36. The fourth-order valence-corrected chi connectivity index (χ4v) is 4.14. The van der Waals surface area contributed by atoms with Crippen molar-refractivity contribution in [2.75, 3.05) is 0 Å². The molecule has 6 heteroatoms. The average molecular weight is 368 g/mol. The largest absolute Gasteiger partial charge is 0.459 e. The number of allylic oxidation sites excluding steroid dienone is 1. The number of rotatable bonds is 3. The second-order valence-corrected chi connectivity index (χ2v) is 7.11. The summed E-state index contributed by atoms with van der Waals surface area (Å²) in [5.74, 6) is -1.04. The van der Waals surface area contributed by atoms with E-state index in [0.29, 0.717) is 26.9 Å². The van der Waals surface area contributed by atoms with Gasteiger partial charge in [0.1, 0.15) is 6.10 Å². The van der Waals surface area contributed by atoms with E-state index in [1.54, 1.807) is 25.1 Å². The van der Waals surface area contributed by atoms with Crippen LogP contribution in [0.1, 0.15) is 50.5 Å². The van der Waals surface area contributed by atoms with Crippen LogP contribution >= 0.6 is 23.2 Å². The summed E-state index contributed by atoms with van der Waals surface area (Å²) in [4.78, 5) is 24.8. The van der Waals surface area contributed by atoms with Gasteiger partial charge in [-0.05, 0) is 50.3 Å². The topological polar surface area (TPSA) is 55.4 Å². The third-order valence-electron chi connectivity index (χ3n) is 4.61. The third-order valence-corrected chi connectivity index (χ3v) is 5.27. The average Bonchev–Trinajstić information content (AvgIpc) is 2.99. The summed E-state index contributed by atoms with van der Waals surface area (Å²) in [5, 5.41) is 3.62. The Hall–Kier alpha value is -1.52. The fourth-order valence-electron chi connectivity index (χ4n) is 3.48. The van der Waals surface area contributed by atoms with Crippen molar-refractivity contribution in [1.29, 1.82) is 0 Å². The van der Waals surface area contributed by atoms with Gasteiger partial charge < -0.3 is 10.1 Å². The molecule has 1 aromatic carbocycles. The second kappa shape index (κ2) is 7.16. The first kappa shape index (κ1) is 17.3. The van der Waals surface area contributed by atoms with Crippen LogP contribution in [0.3, 0.4) is 0 Å². The zero-order chi connectivity index (χ0) is 17.3. The van der Waals surface area contributed by atoms with Gasteiger partial charge in [-0.2, -0.15) is 0 Å². The maximum atomic E-state index is 12.8. The highest BCUT2D eigenvalue weighted by atomic mass is 35.5. The summed E-state index contributed by atoms with van der Waals surface area (Å²) in [7, 11) is 0. The first-order valence-corrected chi connectivity index (χ1v) is 8.88. The van der Waals surface area contributed by atoms with Crippen LogP contribution in [0.2, 0.25) is 10.0 Å². The lowest BCUT2D eigenvalue weighted by Crippen LogP contribution is -2.35. The van der Waals surface area contributed by atoms with Crippen LogP contribution in [-0.2, 0) is 14.3 Å². The van der Waals surface area contributed by atoms with Gasteiger partial charge in [0.15, 0.2) is 0 Å². The van der Waals surface area contributed by atoms with Crippen LogP contribution in [-0.4, -0.2) is 18.0 Å². The van der Waals surface area contributed by atoms with Crippen molar-refractivity contribution < 1.29 is 14.3 Å². The van der Waals surface area contributed by atoms with Gasteiger partial charge in [0.25, 0.3) is 0 Å². The third kappa shape index (κ3) is 3.45. The number of ether oxygens (including phenoxy) is 1. The fraction of sp³-hybridized carbons (Fsp3) is 0.444. The predicted molar refractivity (Wildman–Crippen MR) is 93.0 cm³/mol. The van der Waals surface area contributed by atoms with Crippen molar-refractivity contribution in [2.24, 2.45) is 0 Å². The molecule has 2 aliphatic rings. The summed E-state index contributed by atoms with van der Waals surface area (Å²) in [6.45, 7) is 1.71. The molecule has 1 aromatic rings. The Labute approximate surface area is 151 Å². The normalized spacial score (nSPS) is 21.8. The monoisotopic (exact) mass is 367 g/mol. The van der Waals surface area contributed by atoms with Crippen LogP contribution in [0.5, 0.6) is 0 Å². The van der Waals surface area contributed by atoms with Crippen molar-refractivity contribution in [3.8, 4) is 0 Å². The highest BCUT2D eigenvalue weighted by Gasteiger charge is 2.36. The number of halogens is 2. The van der Waals surface area contributed by atoms with E-state index >= 15 is 0 Å². The Morgan fingerprint density at radius 3 is 2.46 bits per heavy atom.